The largest absolute Gasteiger partial charge is 0.496 e. The summed E-state index contributed by atoms with van der Waals surface area (Å²) in [6, 6.07) is 3.05. The average molecular weight is 342 g/mol. The summed E-state index contributed by atoms with van der Waals surface area (Å²) in [6.07, 6.45) is 0.797. The Bertz CT molecular complexity index is 568. The van der Waals surface area contributed by atoms with Gasteiger partial charge in [0, 0.05) is 26.3 Å². The molecule has 1 aromatic carbocycles. The Morgan fingerprint density at radius 2 is 2.22 bits per heavy atom. The number of carbonyl (C=O) groups is 1. The number of amides is 1. The fourth-order valence-corrected chi connectivity index (χ4v) is 3.00. The van der Waals surface area contributed by atoms with Crippen LogP contribution in [-0.4, -0.2) is 56.8 Å². The maximum absolute atomic E-state index is 12.6. The minimum absolute atomic E-state index is 0.0390. The first kappa shape index (κ1) is 17.8. The molecule has 1 aliphatic heterocycles. The Hall–Kier alpha value is -1.50. The first-order chi connectivity index (χ1) is 11.0. The number of benzene rings is 1. The van der Waals surface area contributed by atoms with Crippen LogP contribution in [0.25, 0.3) is 0 Å². The topological polar surface area (TPSA) is 76.8 Å². The van der Waals surface area contributed by atoms with Gasteiger partial charge in [-0.05, 0) is 19.0 Å². The first-order valence-electron chi connectivity index (χ1n) is 7.69. The summed E-state index contributed by atoms with van der Waals surface area (Å²) in [4.78, 5) is 14.9. The molecule has 1 heterocycles. The van der Waals surface area contributed by atoms with Crippen LogP contribution in [0.15, 0.2) is 12.1 Å². The van der Waals surface area contributed by atoms with Gasteiger partial charge in [0.2, 0.25) is 0 Å². The van der Waals surface area contributed by atoms with Gasteiger partial charge in [-0.3, -0.25) is 4.79 Å². The van der Waals surface area contributed by atoms with Gasteiger partial charge in [-0.2, -0.15) is 0 Å². The summed E-state index contributed by atoms with van der Waals surface area (Å²) in [5, 5.41) is 3.37. The lowest BCUT2D eigenvalue weighted by Crippen LogP contribution is -2.54. The van der Waals surface area contributed by atoms with Gasteiger partial charge in [0.15, 0.2) is 0 Å². The number of halogens is 1. The van der Waals surface area contributed by atoms with Crippen molar-refractivity contribution in [1.82, 2.24) is 10.2 Å². The molecule has 2 rings (SSSR count). The Balaban J connectivity index is 2.14. The molecule has 1 aliphatic rings. The van der Waals surface area contributed by atoms with Crippen molar-refractivity contribution in [3.63, 3.8) is 0 Å². The summed E-state index contributed by atoms with van der Waals surface area (Å²) in [7, 11) is 3.17. The zero-order valence-electron chi connectivity index (χ0n) is 13.8. The fraction of sp³-hybridized carbons (Fsp3) is 0.562. The zero-order valence-corrected chi connectivity index (χ0v) is 14.5. The third-order valence-electron chi connectivity index (χ3n) is 4.27. The van der Waals surface area contributed by atoms with Gasteiger partial charge in [0.05, 0.1) is 35.5 Å². The molecular formula is C16H24ClN3O3. The molecule has 1 fully saturated rings. The SMILES string of the molecule is CCN1CCC(NC(=O)c2cc(Cl)c(N)cc2OC)C(OC)C1. The number of nitrogen functional groups attached to an aromatic ring is 1. The minimum atomic E-state index is -0.235. The number of anilines is 1. The number of rotatable bonds is 5. The number of piperidine rings is 1. The number of carbonyl (C=O) groups excluding carboxylic acids is 1. The lowest BCUT2D eigenvalue weighted by atomic mass is 10.0. The van der Waals surface area contributed by atoms with E-state index in [4.69, 9.17) is 26.8 Å². The number of methoxy groups -OCH3 is 2. The number of hydrogen-bond acceptors (Lipinski definition) is 5. The number of ether oxygens (including phenoxy) is 2. The highest BCUT2D eigenvalue weighted by Gasteiger charge is 2.30. The van der Waals surface area contributed by atoms with E-state index in [1.165, 1.54) is 13.2 Å². The van der Waals surface area contributed by atoms with Gasteiger partial charge in [-0.25, -0.2) is 0 Å². The molecule has 1 saturated heterocycles. The van der Waals surface area contributed by atoms with Crippen LogP contribution >= 0.6 is 11.6 Å². The molecule has 0 aliphatic carbocycles. The molecule has 2 unspecified atom stereocenters. The molecule has 6 nitrogen and oxygen atoms in total. The summed E-state index contributed by atoms with van der Waals surface area (Å²) < 4.78 is 10.8. The molecule has 23 heavy (non-hydrogen) atoms. The van der Waals surface area contributed by atoms with Crippen molar-refractivity contribution >= 4 is 23.2 Å². The van der Waals surface area contributed by atoms with Crippen LogP contribution < -0.4 is 15.8 Å². The van der Waals surface area contributed by atoms with E-state index in [0.29, 0.717) is 22.0 Å². The van der Waals surface area contributed by atoms with Gasteiger partial charge in [0.1, 0.15) is 5.75 Å². The molecule has 0 spiro atoms. The van der Waals surface area contributed by atoms with E-state index in [1.807, 2.05) is 0 Å². The zero-order chi connectivity index (χ0) is 17.0. The summed E-state index contributed by atoms with van der Waals surface area (Å²) in [5.74, 6) is 0.171. The molecule has 1 aromatic rings. The van der Waals surface area contributed by atoms with Crippen molar-refractivity contribution in [2.45, 2.75) is 25.5 Å². The number of hydrogen-bond donors (Lipinski definition) is 2. The van der Waals surface area contributed by atoms with E-state index < -0.39 is 0 Å². The standard InChI is InChI=1S/C16H24ClN3O3/c1-4-20-6-5-13(15(9-20)23-3)19-16(21)10-7-11(17)12(18)8-14(10)22-2/h7-8,13,15H,4-6,9,18H2,1-3H3,(H,19,21). The van der Waals surface area contributed by atoms with Crippen molar-refractivity contribution in [1.29, 1.82) is 0 Å². The number of likely N-dealkylation sites (N-methyl/N-ethyl adjacent to an activating group) is 1. The smallest absolute Gasteiger partial charge is 0.255 e. The monoisotopic (exact) mass is 341 g/mol. The summed E-state index contributed by atoms with van der Waals surface area (Å²) in [6.45, 7) is 4.83. The van der Waals surface area contributed by atoms with E-state index in [-0.39, 0.29) is 18.1 Å². The van der Waals surface area contributed by atoms with Crippen LogP contribution in [0.4, 0.5) is 5.69 Å². The lowest BCUT2D eigenvalue weighted by Gasteiger charge is -2.37. The number of nitrogens with two attached hydrogens (primary N) is 1. The Kier molecular flexibility index (Phi) is 6.10. The van der Waals surface area contributed by atoms with Crippen molar-refractivity contribution in [3.05, 3.63) is 22.7 Å². The Labute approximate surface area is 141 Å². The molecule has 0 saturated carbocycles. The average Bonchev–Trinajstić information content (AvgIpc) is 2.57. The molecular weight excluding hydrogens is 318 g/mol. The Morgan fingerprint density at radius 3 is 2.83 bits per heavy atom. The maximum atomic E-state index is 12.6. The number of likely N-dealkylation sites (tertiary alicyclic amines) is 1. The summed E-state index contributed by atoms with van der Waals surface area (Å²) in [5.41, 5.74) is 6.51. The second kappa shape index (κ2) is 7.86. The minimum Gasteiger partial charge on any atom is -0.496 e. The van der Waals surface area contributed by atoms with E-state index in [1.54, 1.807) is 13.2 Å². The van der Waals surface area contributed by atoms with Crippen LogP contribution in [0.3, 0.4) is 0 Å². The maximum Gasteiger partial charge on any atom is 0.255 e. The van der Waals surface area contributed by atoms with Crippen molar-refractivity contribution in [2.75, 3.05) is 39.6 Å². The first-order valence-corrected chi connectivity index (χ1v) is 8.07. The van der Waals surface area contributed by atoms with Crippen molar-refractivity contribution in [3.8, 4) is 5.75 Å². The highest BCUT2D eigenvalue weighted by Crippen LogP contribution is 2.29. The van der Waals surface area contributed by atoms with Crippen LogP contribution in [0.5, 0.6) is 5.75 Å². The molecule has 1 amide bonds. The van der Waals surface area contributed by atoms with E-state index >= 15 is 0 Å². The van der Waals surface area contributed by atoms with Gasteiger partial charge < -0.3 is 25.4 Å². The second-order valence-electron chi connectivity index (χ2n) is 5.61. The molecule has 0 aromatic heterocycles. The summed E-state index contributed by atoms with van der Waals surface area (Å²) >= 11 is 6.03. The number of nitrogens with one attached hydrogen (secondary N) is 1. The third kappa shape index (κ3) is 4.07. The second-order valence-corrected chi connectivity index (χ2v) is 6.02. The van der Waals surface area contributed by atoms with E-state index in [0.717, 1.165) is 26.1 Å². The highest BCUT2D eigenvalue weighted by molar-refractivity contribution is 6.33. The third-order valence-corrected chi connectivity index (χ3v) is 4.60. The quantitative estimate of drug-likeness (QED) is 0.798. The lowest BCUT2D eigenvalue weighted by molar-refractivity contribution is 0.00802. The van der Waals surface area contributed by atoms with Gasteiger partial charge in [-0.1, -0.05) is 18.5 Å². The molecule has 0 radical (unpaired) electrons. The predicted octanol–water partition coefficient (Wildman–Crippen LogP) is 1.77. The molecule has 3 N–H and O–H groups in total. The van der Waals surface area contributed by atoms with Crippen molar-refractivity contribution < 1.29 is 14.3 Å². The number of nitrogens with zero attached hydrogens (tertiary/aromatic N) is 1. The van der Waals surface area contributed by atoms with E-state index in [2.05, 4.69) is 17.1 Å². The normalized spacial score (nSPS) is 21.9. The molecule has 0 bridgehead atoms. The van der Waals surface area contributed by atoms with Crippen LogP contribution in [0.1, 0.15) is 23.7 Å². The van der Waals surface area contributed by atoms with Crippen LogP contribution in [0, 0.1) is 0 Å². The van der Waals surface area contributed by atoms with Gasteiger partial charge in [0.25, 0.3) is 5.91 Å². The van der Waals surface area contributed by atoms with Gasteiger partial charge >= 0.3 is 0 Å². The van der Waals surface area contributed by atoms with Gasteiger partial charge in [-0.15, -0.1) is 0 Å². The molecule has 7 heteroatoms. The molecule has 2 atom stereocenters. The predicted molar refractivity (Wildman–Crippen MR) is 91.2 cm³/mol. The van der Waals surface area contributed by atoms with Crippen molar-refractivity contribution in [2.24, 2.45) is 0 Å². The fourth-order valence-electron chi connectivity index (χ4n) is 2.83. The van der Waals surface area contributed by atoms with E-state index in [9.17, 15) is 4.79 Å². The highest BCUT2D eigenvalue weighted by atomic mass is 35.5. The van der Waals surface area contributed by atoms with Crippen LogP contribution in [0.2, 0.25) is 5.02 Å². The molecule has 128 valence electrons. The Morgan fingerprint density at radius 1 is 1.48 bits per heavy atom. The van der Waals surface area contributed by atoms with Crippen LogP contribution in [-0.2, 0) is 4.74 Å².